The van der Waals surface area contributed by atoms with E-state index in [1.165, 1.54) is 12.1 Å². The van der Waals surface area contributed by atoms with Gasteiger partial charge in [0.25, 0.3) is 0 Å². The van der Waals surface area contributed by atoms with Crippen molar-refractivity contribution in [3.05, 3.63) is 69.5 Å². The number of carbonyl (C=O) groups is 1. The minimum Gasteiger partial charge on any atom is -0.289 e. The molecule has 2 heteroatoms. The summed E-state index contributed by atoms with van der Waals surface area (Å²) in [6.45, 7) is 7.47. The lowest BCUT2D eigenvalue weighted by Crippen LogP contribution is -2.07. The van der Waals surface area contributed by atoms with Crippen LogP contribution in [0.1, 0.15) is 38.2 Å². The number of carbonyl (C=O) groups excluding carboxylic acids is 1. The number of aryl methyl sites for hydroxylation is 4. The van der Waals surface area contributed by atoms with Crippen molar-refractivity contribution in [1.82, 2.24) is 0 Å². The van der Waals surface area contributed by atoms with E-state index in [1.54, 1.807) is 13.8 Å². The van der Waals surface area contributed by atoms with Crippen LogP contribution < -0.4 is 0 Å². The summed E-state index contributed by atoms with van der Waals surface area (Å²) in [5.41, 5.74) is 4.74. The van der Waals surface area contributed by atoms with E-state index in [0.717, 1.165) is 11.1 Å². The monoisotopic (exact) mass is 256 g/mol. The average molecular weight is 256 g/mol. The van der Waals surface area contributed by atoms with Crippen molar-refractivity contribution in [2.24, 2.45) is 0 Å². The second-order valence-corrected chi connectivity index (χ2v) is 5.12. The quantitative estimate of drug-likeness (QED) is 0.732. The molecule has 0 unspecified atom stereocenters. The molecule has 19 heavy (non-hydrogen) atoms. The molecule has 0 saturated carbocycles. The third-order valence-electron chi connectivity index (χ3n) is 3.21. The van der Waals surface area contributed by atoms with Gasteiger partial charge in [0.05, 0.1) is 0 Å². The zero-order chi connectivity index (χ0) is 14.2. The van der Waals surface area contributed by atoms with E-state index < -0.39 is 0 Å². The van der Waals surface area contributed by atoms with Crippen LogP contribution in [-0.2, 0) is 0 Å². The Bertz CT molecular complexity index is 613. The fourth-order valence-electron chi connectivity index (χ4n) is 2.52. The Labute approximate surface area is 113 Å². The van der Waals surface area contributed by atoms with Crippen LogP contribution in [0.15, 0.2) is 30.3 Å². The molecule has 0 heterocycles. The molecule has 0 spiro atoms. The van der Waals surface area contributed by atoms with Crippen LogP contribution in [0.3, 0.4) is 0 Å². The molecule has 0 aromatic heterocycles. The Balaban J connectivity index is 2.56. The van der Waals surface area contributed by atoms with Gasteiger partial charge in [0.2, 0.25) is 0 Å². The predicted molar refractivity (Wildman–Crippen MR) is 75.2 cm³/mol. The second-order valence-electron chi connectivity index (χ2n) is 5.12. The van der Waals surface area contributed by atoms with E-state index in [0.29, 0.717) is 22.3 Å². The third kappa shape index (κ3) is 2.73. The minimum absolute atomic E-state index is 0.0400. The summed E-state index contributed by atoms with van der Waals surface area (Å²) in [6.07, 6.45) is 0. The number of benzene rings is 2. The van der Waals surface area contributed by atoms with Crippen LogP contribution in [0.2, 0.25) is 0 Å². The largest absolute Gasteiger partial charge is 0.289 e. The van der Waals surface area contributed by atoms with Gasteiger partial charge in [-0.25, -0.2) is 4.39 Å². The summed E-state index contributed by atoms with van der Waals surface area (Å²) in [5, 5.41) is 0. The number of halogens is 1. The standard InChI is InChI=1S/C17H17FO/c1-10-5-11(2)7-14(6-10)17(19)16-12(3)8-15(18)9-13(16)4/h5-9H,1-4H3. The Morgan fingerprint density at radius 2 is 1.32 bits per heavy atom. The normalized spacial score (nSPS) is 10.6. The Hall–Kier alpha value is -1.96. The topological polar surface area (TPSA) is 17.1 Å². The molecule has 2 aromatic rings. The first-order valence-electron chi connectivity index (χ1n) is 6.28. The van der Waals surface area contributed by atoms with Crippen LogP contribution in [-0.4, -0.2) is 5.78 Å². The zero-order valence-corrected chi connectivity index (χ0v) is 11.7. The predicted octanol–water partition coefficient (Wildman–Crippen LogP) is 4.29. The molecule has 0 bridgehead atoms. The lowest BCUT2D eigenvalue weighted by Gasteiger charge is -2.10. The minimum atomic E-state index is -0.299. The van der Waals surface area contributed by atoms with Crippen molar-refractivity contribution in [2.45, 2.75) is 27.7 Å². The second kappa shape index (κ2) is 4.96. The van der Waals surface area contributed by atoms with Gasteiger partial charge in [0.15, 0.2) is 5.78 Å². The first-order valence-corrected chi connectivity index (χ1v) is 6.28. The number of hydrogen-bond acceptors (Lipinski definition) is 1. The number of hydrogen-bond donors (Lipinski definition) is 0. The van der Waals surface area contributed by atoms with Crippen LogP contribution in [0.4, 0.5) is 4.39 Å². The molecule has 0 N–H and O–H groups in total. The van der Waals surface area contributed by atoms with Crippen LogP contribution in [0.5, 0.6) is 0 Å². The van der Waals surface area contributed by atoms with Crippen molar-refractivity contribution in [2.75, 3.05) is 0 Å². The van der Waals surface area contributed by atoms with E-state index in [2.05, 4.69) is 0 Å². The van der Waals surface area contributed by atoms with Gasteiger partial charge in [-0.05, 0) is 63.1 Å². The summed E-state index contributed by atoms with van der Waals surface area (Å²) in [7, 11) is 0. The molecule has 0 radical (unpaired) electrons. The van der Waals surface area contributed by atoms with E-state index in [9.17, 15) is 9.18 Å². The molecule has 0 saturated heterocycles. The molecule has 2 rings (SSSR count). The van der Waals surface area contributed by atoms with Gasteiger partial charge >= 0.3 is 0 Å². The van der Waals surface area contributed by atoms with Gasteiger partial charge in [0.1, 0.15) is 5.82 Å². The highest BCUT2D eigenvalue weighted by Gasteiger charge is 2.16. The maximum absolute atomic E-state index is 13.3. The summed E-state index contributed by atoms with van der Waals surface area (Å²) in [6, 6.07) is 8.59. The summed E-state index contributed by atoms with van der Waals surface area (Å²) < 4.78 is 13.3. The average Bonchev–Trinajstić information content (AvgIpc) is 2.25. The molecule has 0 fully saturated rings. The molecule has 0 aliphatic heterocycles. The highest BCUT2D eigenvalue weighted by atomic mass is 19.1. The first kappa shape index (κ1) is 13.5. The molecule has 98 valence electrons. The van der Waals surface area contributed by atoms with Crippen LogP contribution in [0.25, 0.3) is 0 Å². The van der Waals surface area contributed by atoms with Gasteiger partial charge in [-0.1, -0.05) is 17.2 Å². The summed E-state index contributed by atoms with van der Waals surface area (Å²) in [5.74, 6) is -0.339. The van der Waals surface area contributed by atoms with Crippen molar-refractivity contribution in [3.8, 4) is 0 Å². The summed E-state index contributed by atoms with van der Waals surface area (Å²) in [4.78, 5) is 12.6. The van der Waals surface area contributed by atoms with E-state index in [-0.39, 0.29) is 11.6 Å². The SMILES string of the molecule is Cc1cc(C)cc(C(=O)c2c(C)cc(F)cc2C)c1. The van der Waals surface area contributed by atoms with Crippen molar-refractivity contribution in [1.29, 1.82) is 0 Å². The Kier molecular flexibility index (Phi) is 3.52. The molecule has 0 aliphatic rings. The van der Waals surface area contributed by atoms with E-state index in [1.807, 2.05) is 32.0 Å². The molecule has 0 amide bonds. The summed E-state index contributed by atoms with van der Waals surface area (Å²) >= 11 is 0. The third-order valence-corrected chi connectivity index (χ3v) is 3.21. The molecule has 1 nitrogen and oxygen atoms in total. The maximum atomic E-state index is 13.3. The fourth-order valence-corrected chi connectivity index (χ4v) is 2.52. The van der Waals surface area contributed by atoms with Crippen molar-refractivity contribution < 1.29 is 9.18 Å². The van der Waals surface area contributed by atoms with Crippen molar-refractivity contribution in [3.63, 3.8) is 0 Å². The Morgan fingerprint density at radius 1 is 0.842 bits per heavy atom. The highest BCUT2D eigenvalue weighted by Crippen LogP contribution is 2.21. The number of ketones is 1. The highest BCUT2D eigenvalue weighted by molar-refractivity contribution is 6.11. The molecule has 0 aliphatic carbocycles. The molecule has 0 atom stereocenters. The molecular formula is C17H17FO. The van der Waals surface area contributed by atoms with Crippen LogP contribution in [0, 0.1) is 33.5 Å². The Morgan fingerprint density at radius 3 is 1.79 bits per heavy atom. The van der Waals surface area contributed by atoms with Crippen LogP contribution >= 0.6 is 0 Å². The van der Waals surface area contributed by atoms with Gasteiger partial charge < -0.3 is 0 Å². The zero-order valence-electron chi connectivity index (χ0n) is 11.7. The van der Waals surface area contributed by atoms with E-state index in [4.69, 9.17) is 0 Å². The smallest absolute Gasteiger partial charge is 0.193 e. The lowest BCUT2D eigenvalue weighted by atomic mass is 9.93. The lowest BCUT2D eigenvalue weighted by molar-refractivity contribution is 0.103. The molecule has 2 aromatic carbocycles. The number of rotatable bonds is 2. The van der Waals surface area contributed by atoms with Gasteiger partial charge in [0, 0.05) is 11.1 Å². The molecular weight excluding hydrogens is 239 g/mol. The fraction of sp³-hybridized carbons (Fsp3) is 0.235. The van der Waals surface area contributed by atoms with Gasteiger partial charge in [-0.2, -0.15) is 0 Å². The van der Waals surface area contributed by atoms with Crippen molar-refractivity contribution >= 4 is 5.78 Å². The van der Waals surface area contributed by atoms with E-state index >= 15 is 0 Å². The first-order chi connectivity index (χ1) is 8.88. The van der Waals surface area contributed by atoms with Gasteiger partial charge in [-0.3, -0.25) is 4.79 Å². The maximum Gasteiger partial charge on any atom is 0.193 e. The van der Waals surface area contributed by atoms with Gasteiger partial charge in [-0.15, -0.1) is 0 Å².